The molecule has 4 heteroatoms. The molecule has 2 nitrogen and oxygen atoms in total. The molecule has 0 spiro atoms. The molecule has 2 N–H and O–H groups in total. The quantitative estimate of drug-likeness (QED) is 0.733. The molecule has 1 rings (SSSR count). The summed E-state index contributed by atoms with van der Waals surface area (Å²) in [6, 6.07) is 4.00. The maximum atomic E-state index is 5.05. The highest BCUT2D eigenvalue weighted by molar-refractivity contribution is 7.80. The van der Waals surface area contributed by atoms with Gasteiger partial charge < -0.3 is 10.6 Å². The molecule has 12 heavy (non-hydrogen) atoms. The second kappa shape index (κ2) is 5.11. The largest absolute Gasteiger partial charge is 0.362 e. The van der Waals surface area contributed by atoms with Crippen LogP contribution in [-0.4, -0.2) is 11.7 Å². The van der Waals surface area contributed by atoms with Crippen LogP contribution in [0.5, 0.6) is 0 Å². The van der Waals surface area contributed by atoms with Gasteiger partial charge in [0, 0.05) is 6.54 Å². The molecule has 1 aromatic heterocycles. The predicted octanol–water partition coefficient (Wildman–Crippen LogP) is 2.44. The van der Waals surface area contributed by atoms with Gasteiger partial charge in [-0.2, -0.15) is 0 Å². The smallest absolute Gasteiger partial charge is 0.171 e. The zero-order valence-corrected chi connectivity index (χ0v) is 8.60. The van der Waals surface area contributed by atoms with Crippen molar-refractivity contribution >= 4 is 33.7 Å². The summed E-state index contributed by atoms with van der Waals surface area (Å²) in [5.41, 5.74) is 0. The highest BCUT2D eigenvalue weighted by Gasteiger charge is 1.95. The third kappa shape index (κ3) is 3.19. The van der Waals surface area contributed by atoms with E-state index < -0.39 is 0 Å². The van der Waals surface area contributed by atoms with Crippen LogP contribution >= 0.6 is 23.6 Å². The minimum absolute atomic E-state index is 0.708. The minimum atomic E-state index is 0.708. The lowest BCUT2D eigenvalue weighted by atomic mass is 10.5. The van der Waals surface area contributed by atoms with Gasteiger partial charge in [-0.1, -0.05) is 6.92 Å². The Hall–Kier alpha value is -0.610. The van der Waals surface area contributed by atoms with E-state index in [0.29, 0.717) is 5.11 Å². The fourth-order valence-electron chi connectivity index (χ4n) is 0.744. The first kappa shape index (κ1) is 9.48. The lowest BCUT2D eigenvalue weighted by Gasteiger charge is -2.06. The van der Waals surface area contributed by atoms with E-state index in [1.165, 1.54) is 0 Å². The van der Waals surface area contributed by atoms with E-state index in [1.807, 2.05) is 17.5 Å². The maximum Gasteiger partial charge on any atom is 0.171 e. The van der Waals surface area contributed by atoms with Gasteiger partial charge in [0.05, 0.1) is 5.00 Å². The lowest BCUT2D eigenvalue weighted by Crippen LogP contribution is -2.28. The van der Waals surface area contributed by atoms with Crippen molar-refractivity contribution in [1.82, 2.24) is 5.32 Å². The van der Waals surface area contributed by atoms with Gasteiger partial charge >= 0.3 is 0 Å². The normalized spacial score (nSPS) is 9.42. The van der Waals surface area contributed by atoms with Crippen LogP contribution in [0, 0.1) is 0 Å². The van der Waals surface area contributed by atoms with Gasteiger partial charge in [-0.15, -0.1) is 11.3 Å². The van der Waals surface area contributed by atoms with E-state index in [0.717, 1.165) is 18.0 Å². The van der Waals surface area contributed by atoms with Crippen LogP contribution in [0.2, 0.25) is 0 Å². The van der Waals surface area contributed by atoms with Crippen molar-refractivity contribution in [2.24, 2.45) is 0 Å². The van der Waals surface area contributed by atoms with Gasteiger partial charge in [-0.3, -0.25) is 0 Å². The van der Waals surface area contributed by atoms with Gasteiger partial charge in [-0.25, -0.2) is 0 Å². The first-order chi connectivity index (χ1) is 5.83. The van der Waals surface area contributed by atoms with E-state index in [1.54, 1.807) is 11.3 Å². The molecule has 1 aromatic rings. The van der Waals surface area contributed by atoms with Crippen LogP contribution < -0.4 is 10.6 Å². The standard InChI is InChI=1S/C8H12N2S2/c1-2-5-9-8(11)10-7-4-3-6-12-7/h3-4,6H,2,5H2,1H3,(H2,9,10,11). The third-order valence-corrected chi connectivity index (χ3v) is 2.33. The Bertz CT molecular complexity index is 231. The van der Waals surface area contributed by atoms with Crippen LogP contribution in [0.25, 0.3) is 0 Å². The zero-order valence-electron chi connectivity index (χ0n) is 6.96. The highest BCUT2D eigenvalue weighted by Crippen LogP contribution is 2.14. The summed E-state index contributed by atoms with van der Waals surface area (Å²) < 4.78 is 0. The number of thiocarbonyl (C=S) groups is 1. The van der Waals surface area contributed by atoms with Crippen LogP contribution in [0.4, 0.5) is 5.00 Å². The summed E-state index contributed by atoms with van der Waals surface area (Å²) in [5.74, 6) is 0. The molecule has 0 radical (unpaired) electrons. The first-order valence-electron chi connectivity index (χ1n) is 3.91. The molecule has 0 aliphatic carbocycles. The van der Waals surface area contributed by atoms with Gasteiger partial charge in [0.25, 0.3) is 0 Å². The minimum Gasteiger partial charge on any atom is -0.362 e. The molecule has 0 amide bonds. The van der Waals surface area contributed by atoms with E-state index in [-0.39, 0.29) is 0 Å². The Kier molecular flexibility index (Phi) is 4.04. The van der Waals surface area contributed by atoms with E-state index in [4.69, 9.17) is 12.2 Å². The Morgan fingerprint density at radius 1 is 1.67 bits per heavy atom. The lowest BCUT2D eigenvalue weighted by molar-refractivity contribution is 0.847. The van der Waals surface area contributed by atoms with E-state index in [9.17, 15) is 0 Å². The number of anilines is 1. The van der Waals surface area contributed by atoms with Crippen molar-refractivity contribution in [3.05, 3.63) is 17.5 Å². The number of rotatable bonds is 3. The molecular weight excluding hydrogens is 188 g/mol. The maximum absolute atomic E-state index is 5.05. The third-order valence-electron chi connectivity index (χ3n) is 1.29. The average molecular weight is 200 g/mol. The molecule has 0 fully saturated rings. The Morgan fingerprint density at radius 3 is 3.08 bits per heavy atom. The van der Waals surface area contributed by atoms with Crippen molar-refractivity contribution in [2.45, 2.75) is 13.3 Å². The number of hydrogen-bond acceptors (Lipinski definition) is 2. The Labute approximate surface area is 82.0 Å². The monoisotopic (exact) mass is 200 g/mol. The van der Waals surface area contributed by atoms with Crippen LogP contribution in [0.3, 0.4) is 0 Å². The molecule has 66 valence electrons. The zero-order chi connectivity index (χ0) is 8.81. The average Bonchev–Trinajstić information content (AvgIpc) is 2.53. The summed E-state index contributed by atoms with van der Waals surface area (Å²) >= 11 is 6.70. The molecule has 0 aliphatic rings. The second-order valence-electron chi connectivity index (χ2n) is 2.36. The summed E-state index contributed by atoms with van der Waals surface area (Å²) in [6.45, 7) is 3.04. The van der Waals surface area contributed by atoms with Crippen molar-refractivity contribution in [1.29, 1.82) is 0 Å². The molecule has 0 aromatic carbocycles. The van der Waals surface area contributed by atoms with Crippen molar-refractivity contribution in [3.8, 4) is 0 Å². The van der Waals surface area contributed by atoms with Gasteiger partial charge in [0.2, 0.25) is 0 Å². The molecule has 0 bridgehead atoms. The molecular formula is C8H12N2S2. The first-order valence-corrected chi connectivity index (χ1v) is 5.20. The summed E-state index contributed by atoms with van der Waals surface area (Å²) in [4.78, 5) is 0. The van der Waals surface area contributed by atoms with Gasteiger partial charge in [-0.05, 0) is 36.2 Å². The van der Waals surface area contributed by atoms with Gasteiger partial charge in [0.15, 0.2) is 5.11 Å². The Morgan fingerprint density at radius 2 is 2.50 bits per heavy atom. The second-order valence-corrected chi connectivity index (χ2v) is 3.71. The molecule has 0 saturated carbocycles. The van der Waals surface area contributed by atoms with Crippen LogP contribution in [0.1, 0.15) is 13.3 Å². The SMILES string of the molecule is CCCNC(=S)Nc1cccs1. The topological polar surface area (TPSA) is 24.1 Å². The molecule has 0 atom stereocenters. The number of hydrogen-bond donors (Lipinski definition) is 2. The predicted molar refractivity (Wildman–Crippen MR) is 58.8 cm³/mol. The molecule has 1 heterocycles. The fraction of sp³-hybridized carbons (Fsp3) is 0.375. The summed E-state index contributed by atoms with van der Waals surface area (Å²) in [6.07, 6.45) is 1.09. The molecule has 0 aliphatic heterocycles. The Balaban J connectivity index is 2.27. The van der Waals surface area contributed by atoms with Crippen LogP contribution in [0.15, 0.2) is 17.5 Å². The van der Waals surface area contributed by atoms with Crippen molar-refractivity contribution in [2.75, 3.05) is 11.9 Å². The summed E-state index contributed by atoms with van der Waals surface area (Å²) in [5, 5.41) is 10.0. The molecule has 0 saturated heterocycles. The summed E-state index contributed by atoms with van der Waals surface area (Å²) in [7, 11) is 0. The molecule has 0 unspecified atom stereocenters. The van der Waals surface area contributed by atoms with Crippen LogP contribution in [-0.2, 0) is 0 Å². The number of nitrogens with one attached hydrogen (secondary N) is 2. The van der Waals surface area contributed by atoms with Gasteiger partial charge in [0.1, 0.15) is 0 Å². The highest BCUT2D eigenvalue weighted by atomic mass is 32.1. The fourth-order valence-corrected chi connectivity index (χ4v) is 1.64. The van der Waals surface area contributed by atoms with E-state index >= 15 is 0 Å². The number of thiophene rings is 1. The van der Waals surface area contributed by atoms with Crippen molar-refractivity contribution < 1.29 is 0 Å². The van der Waals surface area contributed by atoms with E-state index in [2.05, 4.69) is 17.6 Å². The van der Waals surface area contributed by atoms with Crippen molar-refractivity contribution in [3.63, 3.8) is 0 Å².